The minimum absolute atomic E-state index is 0.104. The van der Waals surface area contributed by atoms with Crippen LogP contribution in [-0.4, -0.2) is 42.5 Å². The molecule has 0 saturated carbocycles. The Kier molecular flexibility index (Phi) is 4.63. The second-order valence-corrected chi connectivity index (χ2v) is 5.05. The smallest absolute Gasteiger partial charge is 0.286 e. The largest absolute Gasteiger partial charge is 0.493 e. The third kappa shape index (κ3) is 3.24. The number of nitrogens with one attached hydrogen (secondary N) is 1. The fraction of sp³-hybridized carbons (Fsp3) is 0.333. The molecule has 0 radical (unpaired) electrons. The molecular formula is C12H13N3O5S. The Balaban J connectivity index is 2.39. The van der Waals surface area contributed by atoms with E-state index in [9.17, 15) is 14.9 Å². The SMILES string of the molecule is COc1cc(C(=O)NC2=NCCS2)c([N+](=O)[O-])cc1OC. The van der Waals surface area contributed by atoms with Crippen LogP contribution in [0.25, 0.3) is 0 Å². The Bertz CT molecular complexity index is 617. The highest BCUT2D eigenvalue weighted by molar-refractivity contribution is 8.14. The predicted octanol–water partition coefficient (Wildman–Crippen LogP) is 1.44. The fourth-order valence-electron chi connectivity index (χ4n) is 1.78. The van der Waals surface area contributed by atoms with E-state index >= 15 is 0 Å². The maximum Gasteiger partial charge on any atom is 0.286 e. The summed E-state index contributed by atoms with van der Waals surface area (Å²) in [4.78, 5) is 26.7. The molecular weight excluding hydrogens is 298 g/mol. The lowest BCUT2D eigenvalue weighted by atomic mass is 10.1. The van der Waals surface area contributed by atoms with Crippen molar-refractivity contribution in [3.05, 3.63) is 27.8 Å². The van der Waals surface area contributed by atoms with Crippen LogP contribution in [0.2, 0.25) is 0 Å². The normalized spacial score (nSPS) is 13.5. The molecule has 1 amide bonds. The Morgan fingerprint density at radius 3 is 2.57 bits per heavy atom. The number of carbonyl (C=O) groups excluding carboxylic acids is 1. The molecule has 0 fully saturated rings. The maximum atomic E-state index is 12.2. The number of nitro groups is 1. The summed E-state index contributed by atoms with van der Waals surface area (Å²) in [5, 5.41) is 14.1. The monoisotopic (exact) mass is 311 g/mol. The molecule has 0 aromatic heterocycles. The van der Waals surface area contributed by atoms with E-state index in [0.717, 1.165) is 11.8 Å². The number of thioether (sulfide) groups is 1. The van der Waals surface area contributed by atoms with Crippen LogP contribution in [0.3, 0.4) is 0 Å². The molecule has 1 aliphatic heterocycles. The number of hydrogen-bond acceptors (Lipinski definition) is 7. The lowest BCUT2D eigenvalue weighted by Crippen LogP contribution is -2.28. The van der Waals surface area contributed by atoms with Crippen LogP contribution in [0.4, 0.5) is 5.69 Å². The molecule has 1 aromatic rings. The van der Waals surface area contributed by atoms with Gasteiger partial charge in [0.2, 0.25) is 0 Å². The van der Waals surface area contributed by atoms with Gasteiger partial charge in [-0.2, -0.15) is 0 Å². The summed E-state index contributed by atoms with van der Waals surface area (Å²) in [6.07, 6.45) is 0. The maximum absolute atomic E-state index is 12.2. The number of hydrogen-bond donors (Lipinski definition) is 1. The molecule has 1 N–H and O–H groups in total. The number of ether oxygens (including phenoxy) is 2. The van der Waals surface area contributed by atoms with Gasteiger partial charge in [-0.05, 0) is 0 Å². The summed E-state index contributed by atoms with van der Waals surface area (Å²) in [6, 6.07) is 2.45. The number of amides is 1. The van der Waals surface area contributed by atoms with E-state index in [1.54, 1.807) is 0 Å². The molecule has 1 aromatic carbocycles. The van der Waals surface area contributed by atoms with Crippen molar-refractivity contribution in [3.8, 4) is 11.5 Å². The van der Waals surface area contributed by atoms with Crippen LogP contribution in [0.15, 0.2) is 17.1 Å². The molecule has 112 valence electrons. The van der Waals surface area contributed by atoms with Crippen molar-refractivity contribution < 1.29 is 19.2 Å². The molecule has 8 nitrogen and oxygen atoms in total. The van der Waals surface area contributed by atoms with Gasteiger partial charge in [-0.1, -0.05) is 11.8 Å². The van der Waals surface area contributed by atoms with Crippen molar-refractivity contribution in [2.24, 2.45) is 4.99 Å². The lowest BCUT2D eigenvalue weighted by Gasteiger charge is -2.10. The van der Waals surface area contributed by atoms with Crippen molar-refractivity contribution >= 4 is 28.5 Å². The van der Waals surface area contributed by atoms with Crippen molar-refractivity contribution in [2.45, 2.75) is 0 Å². The van der Waals surface area contributed by atoms with Crippen LogP contribution in [0.1, 0.15) is 10.4 Å². The fourth-order valence-corrected chi connectivity index (χ4v) is 2.50. The van der Waals surface area contributed by atoms with E-state index in [4.69, 9.17) is 9.47 Å². The predicted molar refractivity (Wildman–Crippen MR) is 78.4 cm³/mol. The van der Waals surface area contributed by atoms with Gasteiger partial charge < -0.3 is 14.8 Å². The van der Waals surface area contributed by atoms with E-state index in [1.165, 1.54) is 32.0 Å². The Labute approximate surface area is 124 Å². The van der Waals surface area contributed by atoms with Gasteiger partial charge in [0, 0.05) is 11.8 Å². The highest BCUT2D eigenvalue weighted by atomic mass is 32.2. The highest BCUT2D eigenvalue weighted by Crippen LogP contribution is 2.34. The molecule has 0 aliphatic carbocycles. The van der Waals surface area contributed by atoms with Crippen LogP contribution in [0, 0.1) is 10.1 Å². The molecule has 0 atom stereocenters. The van der Waals surface area contributed by atoms with Gasteiger partial charge in [-0.25, -0.2) is 0 Å². The van der Waals surface area contributed by atoms with Crippen LogP contribution in [-0.2, 0) is 0 Å². The van der Waals surface area contributed by atoms with Crippen molar-refractivity contribution in [1.29, 1.82) is 0 Å². The first-order valence-corrected chi connectivity index (χ1v) is 6.94. The zero-order valence-electron chi connectivity index (χ0n) is 11.4. The van der Waals surface area contributed by atoms with E-state index in [-0.39, 0.29) is 22.7 Å². The van der Waals surface area contributed by atoms with Crippen LogP contribution < -0.4 is 14.8 Å². The lowest BCUT2D eigenvalue weighted by molar-refractivity contribution is -0.385. The number of nitrogens with zero attached hydrogens (tertiary/aromatic N) is 2. The van der Waals surface area contributed by atoms with E-state index in [0.29, 0.717) is 11.7 Å². The molecule has 0 bridgehead atoms. The van der Waals surface area contributed by atoms with E-state index in [1.807, 2.05) is 0 Å². The minimum atomic E-state index is -0.638. The van der Waals surface area contributed by atoms with Gasteiger partial charge in [0.15, 0.2) is 16.7 Å². The first-order valence-electron chi connectivity index (χ1n) is 5.95. The first-order chi connectivity index (χ1) is 10.1. The van der Waals surface area contributed by atoms with Crippen molar-refractivity contribution in [3.63, 3.8) is 0 Å². The highest BCUT2D eigenvalue weighted by Gasteiger charge is 2.25. The second-order valence-electron chi connectivity index (χ2n) is 3.97. The molecule has 1 aliphatic rings. The van der Waals surface area contributed by atoms with Gasteiger partial charge >= 0.3 is 0 Å². The standard InChI is InChI=1S/C12H13N3O5S/c1-19-9-5-7(8(15(17)18)6-10(9)20-2)11(16)14-12-13-3-4-21-12/h5-6H,3-4H2,1-2H3,(H,13,14,16). The number of nitro benzene ring substituents is 1. The number of methoxy groups -OCH3 is 2. The average molecular weight is 311 g/mol. The summed E-state index contributed by atoms with van der Waals surface area (Å²) in [7, 11) is 2.76. The number of aliphatic imine (C=N–C) groups is 1. The van der Waals surface area contributed by atoms with Gasteiger partial charge in [0.25, 0.3) is 11.6 Å². The molecule has 0 saturated heterocycles. The molecule has 9 heteroatoms. The zero-order chi connectivity index (χ0) is 15.4. The Morgan fingerprint density at radius 1 is 1.38 bits per heavy atom. The van der Waals surface area contributed by atoms with E-state index in [2.05, 4.69) is 10.3 Å². The minimum Gasteiger partial charge on any atom is -0.493 e. The Hall–Kier alpha value is -2.29. The quantitative estimate of drug-likeness (QED) is 0.666. The van der Waals surface area contributed by atoms with Crippen molar-refractivity contribution in [2.75, 3.05) is 26.5 Å². The number of benzene rings is 1. The number of rotatable bonds is 4. The van der Waals surface area contributed by atoms with Crippen molar-refractivity contribution in [1.82, 2.24) is 5.32 Å². The number of amidine groups is 1. The third-order valence-electron chi connectivity index (χ3n) is 2.75. The summed E-state index contributed by atoms with van der Waals surface area (Å²) >= 11 is 1.39. The molecule has 0 spiro atoms. The van der Waals surface area contributed by atoms with Gasteiger partial charge in [0.1, 0.15) is 5.56 Å². The average Bonchev–Trinajstić information content (AvgIpc) is 2.98. The van der Waals surface area contributed by atoms with Gasteiger partial charge in [-0.3, -0.25) is 19.9 Å². The summed E-state index contributed by atoms with van der Waals surface area (Å²) in [6.45, 7) is 0.619. The molecule has 0 unspecified atom stereocenters. The molecule has 21 heavy (non-hydrogen) atoms. The summed E-state index contributed by atoms with van der Waals surface area (Å²) in [5.74, 6) is 0.613. The first kappa shape index (κ1) is 15.1. The molecule has 2 rings (SSSR count). The second kappa shape index (κ2) is 6.44. The topological polar surface area (TPSA) is 103 Å². The zero-order valence-corrected chi connectivity index (χ0v) is 12.2. The van der Waals surface area contributed by atoms with Gasteiger partial charge in [-0.15, -0.1) is 0 Å². The van der Waals surface area contributed by atoms with Gasteiger partial charge in [0.05, 0.1) is 31.8 Å². The summed E-state index contributed by atoms with van der Waals surface area (Å²) in [5.41, 5.74) is -0.457. The third-order valence-corrected chi connectivity index (χ3v) is 3.64. The summed E-state index contributed by atoms with van der Waals surface area (Å²) < 4.78 is 10.1. The van der Waals surface area contributed by atoms with Crippen LogP contribution >= 0.6 is 11.8 Å². The van der Waals surface area contributed by atoms with E-state index < -0.39 is 10.8 Å². The Morgan fingerprint density at radius 2 is 2.05 bits per heavy atom. The molecule has 1 heterocycles. The number of carbonyl (C=O) groups is 1. The van der Waals surface area contributed by atoms with Crippen LogP contribution in [0.5, 0.6) is 11.5 Å².